The zero-order chi connectivity index (χ0) is 14.0. The number of carbonyl (C=O) groups is 1. The van der Waals surface area contributed by atoms with E-state index in [1.165, 1.54) is 12.1 Å². The molecule has 1 aromatic carbocycles. The number of hydrogen-bond acceptors (Lipinski definition) is 2. The Morgan fingerprint density at radius 1 is 1.16 bits per heavy atom. The van der Waals surface area contributed by atoms with Gasteiger partial charge in [0.1, 0.15) is 0 Å². The first kappa shape index (κ1) is 13.6. The van der Waals surface area contributed by atoms with Crippen LogP contribution in [0, 0.1) is 0 Å². The molecule has 0 unspecified atom stereocenters. The van der Waals surface area contributed by atoms with Crippen LogP contribution >= 0.6 is 23.2 Å². The van der Waals surface area contributed by atoms with Crippen molar-refractivity contribution in [3.63, 3.8) is 0 Å². The molecule has 0 radical (unpaired) electrons. The fraction of sp³-hybridized carbons (Fsp3) is 0.0769. The highest BCUT2D eigenvalue weighted by atomic mass is 35.5. The molecule has 2 aromatic rings. The van der Waals surface area contributed by atoms with Crippen molar-refractivity contribution in [2.75, 3.05) is 0 Å². The van der Waals surface area contributed by atoms with Gasteiger partial charge in [-0.25, -0.2) is 0 Å². The average Bonchev–Trinajstić information content (AvgIpc) is 2.32. The Bertz CT molecular complexity index is 695. The van der Waals surface area contributed by atoms with E-state index in [2.05, 4.69) is 4.98 Å². The Balaban J connectivity index is 2.64. The number of nitrogens with one attached hydrogen (secondary N) is 1. The molecule has 0 fully saturated rings. The number of halogens is 2. The summed E-state index contributed by atoms with van der Waals surface area (Å²) in [4.78, 5) is 24.6. The van der Waals surface area contributed by atoms with Crippen LogP contribution in [0.15, 0.2) is 35.1 Å². The molecule has 19 heavy (non-hydrogen) atoms. The molecule has 6 heteroatoms. The number of aromatic nitrogens is 1. The number of aliphatic carboxylic acids is 1. The van der Waals surface area contributed by atoms with Crippen LogP contribution in [0.5, 0.6) is 0 Å². The van der Waals surface area contributed by atoms with Crippen molar-refractivity contribution in [3.05, 3.63) is 56.4 Å². The minimum atomic E-state index is -1.04. The number of rotatable bonds is 3. The Morgan fingerprint density at radius 3 is 2.58 bits per heavy atom. The van der Waals surface area contributed by atoms with Crippen LogP contribution in [-0.4, -0.2) is 16.1 Å². The largest absolute Gasteiger partial charge is 0.481 e. The van der Waals surface area contributed by atoms with Gasteiger partial charge in [-0.1, -0.05) is 23.2 Å². The summed E-state index contributed by atoms with van der Waals surface area (Å²) in [5.41, 5.74) is 1.07. The Morgan fingerprint density at radius 2 is 1.89 bits per heavy atom. The van der Waals surface area contributed by atoms with E-state index in [0.717, 1.165) is 0 Å². The van der Waals surface area contributed by atoms with Gasteiger partial charge in [0.25, 0.3) is 0 Å². The van der Waals surface area contributed by atoms with E-state index in [4.69, 9.17) is 28.3 Å². The second-order valence-electron chi connectivity index (χ2n) is 3.91. The molecule has 0 spiro atoms. The third kappa shape index (κ3) is 3.16. The highest BCUT2D eigenvalue weighted by Crippen LogP contribution is 2.31. The molecule has 0 atom stereocenters. The van der Waals surface area contributed by atoms with Crippen molar-refractivity contribution in [2.45, 2.75) is 6.42 Å². The second kappa shape index (κ2) is 5.47. The lowest BCUT2D eigenvalue weighted by molar-refractivity contribution is -0.136. The highest BCUT2D eigenvalue weighted by Gasteiger charge is 2.12. The number of carboxylic acids is 1. The fourth-order valence-electron chi connectivity index (χ4n) is 1.76. The van der Waals surface area contributed by atoms with Crippen LogP contribution < -0.4 is 5.56 Å². The van der Waals surface area contributed by atoms with E-state index in [1.54, 1.807) is 18.2 Å². The maximum atomic E-state index is 11.3. The summed E-state index contributed by atoms with van der Waals surface area (Å²) in [5, 5.41) is 9.78. The van der Waals surface area contributed by atoms with E-state index in [0.29, 0.717) is 26.9 Å². The molecule has 1 heterocycles. The molecular formula is C13H9Cl2NO3. The molecule has 0 aliphatic rings. The van der Waals surface area contributed by atoms with Crippen molar-refractivity contribution in [1.82, 2.24) is 4.98 Å². The smallest absolute Gasteiger partial charge is 0.309 e. The van der Waals surface area contributed by atoms with Crippen molar-refractivity contribution < 1.29 is 9.90 Å². The normalized spacial score (nSPS) is 10.4. The lowest BCUT2D eigenvalue weighted by Gasteiger charge is -2.09. The van der Waals surface area contributed by atoms with Crippen LogP contribution in [0.25, 0.3) is 11.1 Å². The van der Waals surface area contributed by atoms with Crippen LogP contribution in [0.1, 0.15) is 5.69 Å². The topological polar surface area (TPSA) is 70.2 Å². The monoisotopic (exact) mass is 297 g/mol. The second-order valence-corrected chi connectivity index (χ2v) is 4.75. The van der Waals surface area contributed by atoms with Gasteiger partial charge in [0, 0.05) is 32.9 Å². The fourth-order valence-corrected chi connectivity index (χ4v) is 2.16. The minimum absolute atomic E-state index is 0.296. The molecule has 0 saturated heterocycles. The third-order valence-corrected chi connectivity index (χ3v) is 3.11. The van der Waals surface area contributed by atoms with Gasteiger partial charge in [0.05, 0.1) is 6.42 Å². The zero-order valence-electron chi connectivity index (χ0n) is 9.61. The number of H-pyrrole nitrogens is 1. The van der Waals surface area contributed by atoms with E-state index in [1.807, 2.05) is 0 Å². The van der Waals surface area contributed by atoms with Crippen molar-refractivity contribution in [1.29, 1.82) is 0 Å². The molecule has 0 bridgehead atoms. The number of aromatic amines is 1. The molecule has 1 aromatic heterocycles. The van der Waals surface area contributed by atoms with Crippen molar-refractivity contribution >= 4 is 29.2 Å². The van der Waals surface area contributed by atoms with Gasteiger partial charge in [-0.3, -0.25) is 9.59 Å². The van der Waals surface area contributed by atoms with Gasteiger partial charge < -0.3 is 10.1 Å². The van der Waals surface area contributed by atoms with Gasteiger partial charge in [-0.05, 0) is 24.3 Å². The molecule has 2 rings (SSSR count). The molecule has 0 saturated carbocycles. The summed E-state index contributed by atoms with van der Waals surface area (Å²) in [5.74, 6) is -1.04. The summed E-state index contributed by atoms with van der Waals surface area (Å²) < 4.78 is 0. The predicted octanol–water partition coefficient (Wildman–Crippen LogP) is 2.98. The van der Waals surface area contributed by atoms with Crippen molar-refractivity contribution in [3.8, 4) is 11.1 Å². The van der Waals surface area contributed by atoms with Crippen LogP contribution in [-0.2, 0) is 11.2 Å². The van der Waals surface area contributed by atoms with Gasteiger partial charge >= 0.3 is 5.97 Å². The molecular weight excluding hydrogens is 289 g/mol. The predicted molar refractivity (Wildman–Crippen MR) is 73.9 cm³/mol. The summed E-state index contributed by atoms with van der Waals surface area (Å²) >= 11 is 12.0. The first-order valence-corrected chi connectivity index (χ1v) is 6.12. The minimum Gasteiger partial charge on any atom is -0.481 e. The quantitative estimate of drug-likeness (QED) is 0.915. The number of carboxylic acid groups (broad SMARTS) is 1. The first-order chi connectivity index (χ1) is 8.97. The third-order valence-electron chi connectivity index (χ3n) is 2.55. The molecule has 0 amide bonds. The molecule has 98 valence electrons. The standard InChI is InChI=1S/C13H9Cl2NO3/c14-7-1-3-10(15)9(5-7)8-2-4-12(17)16-11(8)6-13(18)19/h1-5H,6H2,(H,16,17)(H,18,19). The Kier molecular flexibility index (Phi) is 3.93. The molecule has 0 aliphatic heterocycles. The van der Waals surface area contributed by atoms with Gasteiger partial charge in [-0.15, -0.1) is 0 Å². The van der Waals surface area contributed by atoms with Gasteiger partial charge in [0.15, 0.2) is 0 Å². The van der Waals surface area contributed by atoms with E-state index < -0.39 is 5.97 Å². The van der Waals surface area contributed by atoms with Crippen molar-refractivity contribution in [2.24, 2.45) is 0 Å². The van der Waals surface area contributed by atoms with Crippen LogP contribution in [0.2, 0.25) is 10.0 Å². The number of benzene rings is 1. The summed E-state index contributed by atoms with van der Waals surface area (Å²) in [6.45, 7) is 0. The van der Waals surface area contributed by atoms with Crippen LogP contribution in [0.3, 0.4) is 0 Å². The summed E-state index contributed by atoms with van der Waals surface area (Å²) in [7, 11) is 0. The van der Waals surface area contributed by atoms with E-state index in [9.17, 15) is 9.59 Å². The molecule has 4 nitrogen and oxygen atoms in total. The van der Waals surface area contributed by atoms with E-state index >= 15 is 0 Å². The zero-order valence-corrected chi connectivity index (χ0v) is 11.1. The Hall–Kier alpha value is -1.78. The van der Waals surface area contributed by atoms with Gasteiger partial charge in [-0.2, -0.15) is 0 Å². The maximum absolute atomic E-state index is 11.3. The highest BCUT2D eigenvalue weighted by molar-refractivity contribution is 6.35. The maximum Gasteiger partial charge on any atom is 0.309 e. The lowest BCUT2D eigenvalue weighted by Crippen LogP contribution is -2.12. The SMILES string of the molecule is O=C(O)Cc1[nH]c(=O)ccc1-c1cc(Cl)ccc1Cl. The van der Waals surface area contributed by atoms with Gasteiger partial charge in [0.2, 0.25) is 5.56 Å². The lowest BCUT2D eigenvalue weighted by atomic mass is 10.0. The molecule has 0 aliphatic carbocycles. The van der Waals surface area contributed by atoms with E-state index in [-0.39, 0.29) is 12.0 Å². The first-order valence-electron chi connectivity index (χ1n) is 5.37. The average molecular weight is 298 g/mol. The van der Waals surface area contributed by atoms with Crippen LogP contribution in [0.4, 0.5) is 0 Å². The Labute approximate surface area is 118 Å². The number of pyridine rings is 1. The summed E-state index contributed by atoms with van der Waals surface area (Å²) in [6.07, 6.45) is -0.297. The number of hydrogen-bond donors (Lipinski definition) is 2. The summed E-state index contributed by atoms with van der Waals surface area (Å²) in [6, 6.07) is 7.74. The molecule has 2 N–H and O–H groups in total.